The Morgan fingerprint density at radius 3 is 1.60 bits per heavy atom. The minimum Gasteiger partial charge on any atom is -0.295 e. The van der Waals surface area contributed by atoms with Crippen molar-refractivity contribution in [2.45, 2.75) is 6.92 Å². The molecule has 0 saturated carbocycles. The topological polar surface area (TPSA) is 34.1 Å². The van der Waals surface area contributed by atoms with Crippen LogP contribution >= 0.6 is 0 Å². The van der Waals surface area contributed by atoms with Crippen LogP contribution in [0.25, 0.3) is 0 Å². The lowest BCUT2D eigenvalue weighted by Crippen LogP contribution is -1.86. The molecule has 0 heterocycles. The lowest BCUT2D eigenvalue weighted by atomic mass is 10.5. The number of carbonyl (C=O) groups excluding carboxylic acids is 1. The highest BCUT2D eigenvalue weighted by molar-refractivity contribution is 7.98. The summed E-state index contributed by atoms with van der Waals surface area (Å²) < 4.78 is 10.1. The molecule has 0 aliphatic rings. The molecular formula is C7H14O2S. The molecule has 0 aromatic heterocycles. The monoisotopic (exact) mass is 162 g/mol. The summed E-state index contributed by atoms with van der Waals surface area (Å²) in [4.78, 5) is 9.69. The molecule has 0 fully saturated rings. The van der Waals surface area contributed by atoms with Crippen molar-refractivity contribution in [1.29, 1.82) is 0 Å². The van der Waals surface area contributed by atoms with Gasteiger partial charge in [0.05, 0.1) is 0 Å². The highest BCUT2D eigenvalue weighted by Gasteiger charge is 1.70. The van der Waals surface area contributed by atoms with Crippen molar-refractivity contribution in [2.75, 3.05) is 12.5 Å². The van der Waals surface area contributed by atoms with Gasteiger partial charge in [-0.15, -0.1) is 0 Å². The first kappa shape index (κ1) is 12.1. The van der Waals surface area contributed by atoms with Gasteiger partial charge in [0.15, 0.2) is 5.78 Å². The first-order valence-electron chi connectivity index (χ1n) is 2.67. The van der Waals surface area contributed by atoms with Gasteiger partial charge in [-0.05, 0) is 28.4 Å². The number of allylic oxidation sites excluding steroid dienone is 1. The normalized spacial score (nSPS) is 9.10. The molecular weight excluding hydrogens is 148 g/mol. The zero-order valence-corrected chi connectivity index (χ0v) is 7.53. The van der Waals surface area contributed by atoms with Crippen LogP contribution in [0, 0.1) is 0 Å². The Kier molecular flexibility index (Phi) is 6.35. The summed E-state index contributed by atoms with van der Waals surface area (Å²) in [5.41, 5.74) is 0. The van der Waals surface area contributed by atoms with Gasteiger partial charge in [0.25, 0.3) is 0 Å². The predicted molar refractivity (Wildman–Crippen MR) is 48.0 cm³/mol. The average molecular weight is 162 g/mol. The molecule has 0 aromatic rings. The van der Waals surface area contributed by atoms with Gasteiger partial charge in [-0.2, -0.15) is 0 Å². The summed E-state index contributed by atoms with van der Waals surface area (Å²) >= 11 is 0. The SMILES string of the molecule is C=CC(C)=O.C=S(C)(C)=O. The second kappa shape index (κ2) is 5.23. The molecule has 0 bridgehead atoms. The highest BCUT2D eigenvalue weighted by atomic mass is 32.2. The van der Waals surface area contributed by atoms with Gasteiger partial charge >= 0.3 is 0 Å². The first-order chi connectivity index (χ1) is 4.27. The van der Waals surface area contributed by atoms with E-state index in [0.29, 0.717) is 0 Å². The van der Waals surface area contributed by atoms with Crippen LogP contribution in [-0.4, -0.2) is 28.4 Å². The zero-order valence-electron chi connectivity index (χ0n) is 6.72. The fourth-order valence-electron chi connectivity index (χ4n) is 0. The summed E-state index contributed by atoms with van der Waals surface area (Å²) in [5.74, 6) is 3.32. The van der Waals surface area contributed by atoms with Crippen molar-refractivity contribution < 1.29 is 9.00 Å². The maximum atomic E-state index is 10.1. The van der Waals surface area contributed by atoms with Crippen LogP contribution in [-0.2, 0) is 14.3 Å². The van der Waals surface area contributed by atoms with Crippen molar-refractivity contribution in [3.05, 3.63) is 12.7 Å². The van der Waals surface area contributed by atoms with E-state index in [1.54, 1.807) is 12.5 Å². The Labute approximate surface area is 63.0 Å². The largest absolute Gasteiger partial charge is 0.295 e. The number of carbonyl (C=O) groups is 1. The fourth-order valence-corrected chi connectivity index (χ4v) is 0. The molecule has 60 valence electrons. The highest BCUT2D eigenvalue weighted by Crippen LogP contribution is 1.62. The van der Waals surface area contributed by atoms with Crippen LogP contribution in [0.4, 0.5) is 0 Å². The number of hydrogen-bond donors (Lipinski definition) is 0. The van der Waals surface area contributed by atoms with E-state index in [1.807, 2.05) is 0 Å². The van der Waals surface area contributed by atoms with Gasteiger partial charge in [-0.3, -0.25) is 9.00 Å². The quantitative estimate of drug-likeness (QED) is 0.420. The summed E-state index contributed by atoms with van der Waals surface area (Å²) in [7, 11) is -1.67. The zero-order chi connectivity index (χ0) is 8.78. The standard InChI is InChI=1S/C4H6O.C3H8OS/c1-3-4(2)5;1-5(2,3)4/h3H,1H2,2H3;1H2,2-3H3. The maximum Gasteiger partial charge on any atom is 0.152 e. The Morgan fingerprint density at radius 2 is 1.60 bits per heavy atom. The van der Waals surface area contributed by atoms with Gasteiger partial charge in [0, 0.05) is 12.5 Å². The van der Waals surface area contributed by atoms with Gasteiger partial charge < -0.3 is 0 Å². The second-order valence-electron chi connectivity index (χ2n) is 2.25. The third-order valence-corrected chi connectivity index (χ3v) is 0.287. The molecule has 0 N–H and O–H groups in total. The first-order valence-corrected chi connectivity index (χ1v) is 5.22. The molecule has 0 unspecified atom stereocenters. The van der Waals surface area contributed by atoms with Gasteiger partial charge in [0.1, 0.15) is 0 Å². The summed E-state index contributed by atoms with van der Waals surface area (Å²) in [6.07, 6.45) is 4.49. The molecule has 0 spiro atoms. The third-order valence-electron chi connectivity index (χ3n) is 0.287. The molecule has 0 amide bonds. The van der Waals surface area contributed by atoms with Gasteiger partial charge in [0.2, 0.25) is 0 Å². The van der Waals surface area contributed by atoms with Crippen LogP contribution in [0.15, 0.2) is 12.7 Å². The molecule has 0 rings (SSSR count). The van der Waals surface area contributed by atoms with E-state index >= 15 is 0 Å². The van der Waals surface area contributed by atoms with Crippen LogP contribution in [0.2, 0.25) is 0 Å². The second-order valence-corrected chi connectivity index (χ2v) is 5.13. The van der Waals surface area contributed by atoms with Crippen LogP contribution in [0.3, 0.4) is 0 Å². The Morgan fingerprint density at radius 1 is 1.50 bits per heavy atom. The lowest BCUT2D eigenvalue weighted by Gasteiger charge is -1.78. The molecule has 0 aliphatic carbocycles. The number of rotatable bonds is 1. The lowest BCUT2D eigenvalue weighted by molar-refractivity contribution is -0.112. The average Bonchev–Trinajstić information content (AvgIpc) is 1.61. The van der Waals surface area contributed by atoms with Crippen LogP contribution < -0.4 is 0 Å². The summed E-state index contributed by atoms with van der Waals surface area (Å²) in [6, 6.07) is 0. The van der Waals surface area contributed by atoms with E-state index in [2.05, 4.69) is 12.4 Å². The fraction of sp³-hybridized carbons (Fsp3) is 0.429. The molecule has 0 atom stereocenters. The van der Waals surface area contributed by atoms with E-state index < -0.39 is 9.52 Å². The molecule has 0 saturated heterocycles. The van der Waals surface area contributed by atoms with E-state index in [9.17, 15) is 9.00 Å². The van der Waals surface area contributed by atoms with Crippen molar-refractivity contribution in [2.24, 2.45) is 0 Å². The van der Waals surface area contributed by atoms with Crippen LogP contribution in [0.5, 0.6) is 0 Å². The number of hydrogen-bond acceptors (Lipinski definition) is 2. The minimum absolute atomic E-state index is 0.0185. The summed E-state index contributed by atoms with van der Waals surface area (Å²) in [6.45, 7) is 4.68. The van der Waals surface area contributed by atoms with Crippen molar-refractivity contribution in [3.63, 3.8) is 0 Å². The Hall–Kier alpha value is -0.570. The minimum atomic E-state index is -1.67. The Bertz CT molecular complexity index is 192. The summed E-state index contributed by atoms with van der Waals surface area (Å²) in [5, 5.41) is 0. The van der Waals surface area contributed by atoms with Crippen molar-refractivity contribution in [3.8, 4) is 0 Å². The third kappa shape index (κ3) is 150. The van der Waals surface area contributed by atoms with Crippen LogP contribution in [0.1, 0.15) is 6.92 Å². The van der Waals surface area contributed by atoms with Gasteiger partial charge in [-0.1, -0.05) is 6.58 Å². The molecule has 10 heavy (non-hydrogen) atoms. The smallest absolute Gasteiger partial charge is 0.152 e. The molecule has 0 aliphatic heterocycles. The van der Waals surface area contributed by atoms with Crippen molar-refractivity contribution >= 4 is 21.2 Å². The van der Waals surface area contributed by atoms with E-state index in [0.717, 1.165) is 0 Å². The van der Waals surface area contributed by atoms with Gasteiger partial charge in [-0.25, -0.2) is 0 Å². The maximum absolute atomic E-state index is 10.1. The van der Waals surface area contributed by atoms with E-state index in [4.69, 9.17) is 0 Å². The predicted octanol–water partition coefficient (Wildman–Crippen LogP) is 0.724. The van der Waals surface area contributed by atoms with Crippen molar-refractivity contribution in [1.82, 2.24) is 0 Å². The van der Waals surface area contributed by atoms with E-state index in [-0.39, 0.29) is 5.78 Å². The molecule has 0 aromatic carbocycles. The Balaban J connectivity index is 0. The molecule has 3 heteroatoms. The van der Waals surface area contributed by atoms with E-state index in [1.165, 1.54) is 13.0 Å². The number of ketones is 1. The molecule has 0 radical (unpaired) electrons. The molecule has 2 nitrogen and oxygen atoms in total.